The Balaban J connectivity index is 2.10. The fourth-order valence-corrected chi connectivity index (χ4v) is 1.73. The van der Waals surface area contributed by atoms with Gasteiger partial charge in [0, 0.05) is 6.07 Å². The molecule has 5 nitrogen and oxygen atoms in total. The van der Waals surface area contributed by atoms with Crippen LogP contribution in [-0.2, 0) is 0 Å². The maximum atomic E-state index is 11.6. The summed E-state index contributed by atoms with van der Waals surface area (Å²) in [6.07, 6.45) is 0. The highest BCUT2D eigenvalue weighted by Crippen LogP contribution is 2.16. The third-order valence-corrected chi connectivity index (χ3v) is 2.52. The number of nitrogens with zero attached hydrogens (tertiary/aromatic N) is 2. The van der Waals surface area contributed by atoms with Crippen molar-refractivity contribution in [3.8, 4) is 0 Å². The molecule has 2 aromatic rings. The van der Waals surface area contributed by atoms with Crippen LogP contribution in [0.4, 0.5) is 5.00 Å². The molecule has 0 atom stereocenters. The van der Waals surface area contributed by atoms with Crippen LogP contribution in [0.2, 0.25) is 0 Å². The molecule has 0 unspecified atom stereocenters. The van der Waals surface area contributed by atoms with Crippen LogP contribution in [0, 0.1) is 13.8 Å². The molecule has 0 aliphatic carbocycles. The molecule has 0 aliphatic heterocycles. The zero-order valence-electron chi connectivity index (χ0n) is 8.27. The van der Waals surface area contributed by atoms with E-state index < -0.39 is 0 Å². The first-order valence-electron chi connectivity index (χ1n) is 4.33. The van der Waals surface area contributed by atoms with Gasteiger partial charge in [0.15, 0.2) is 5.69 Å². The Bertz CT molecular complexity index is 489. The van der Waals surface area contributed by atoms with Gasteiger partial charge in [0.25, 0.3) is 5.91 Å². The van der Waals surface area contributed by atoms with Gasteiger partial charge < -0.3 is 9.84 Å². The summed E-state index contributed by atoms with van der Waals surface area (Å²) in [5, 5.41) is 7.01. The first-order valence-corrected chi connectivity index (χ1v) is 5.10. The second-order valence-electron chi connectivity index (χ2n) is 3.11. The van der Waals surface area contributed by atoms with Crippen LogP contribution >= 0.6 is 11.5 Å². The summed E-state index contributed by atoms with van der Waals surface area (Å²) < 4.78 is 8.86. The Morgan fingerprint density at radius 1 is 1.47 bits per heavy atom. The number of hydrogen-bond acceptors (Lipinski definition) is 5. The molecule has 0 fully saturated rings. The van der Waals surface area contributed by atoms with E-state index in [4.69, 9.17) is 4.52 Å². The van der Waals surface area contributed by atoms with E-state index in [2.05, 4.69) is 14.8 Å². The van der Waals surface area contributed by atoms with E-state index in [0.29, 0.717) is 10.8 Å². The van der Waals surface area contributed by atoms with Gasteiger partial charge in [-0.25, -0.2) is 0 Å². The number of rotatable bonds is 2. The lowest BCUT2D eigenvalue weighted by Gasteiger charge is -1.95. The SMILES string of the molecule is Cc1cc(NC(=O)c2cc(C)on2)sn1. The fraction of sp³-hybridized carbons (Fsp3) is 0.222. The highest BCUT2D eigenvalue weighted by atomic mass is 32.1. The van der Waals surface area contributed by atoms with E-state index >= 15 is 0 Å². The predicted molar refractivity (Wildman–Crippen MR) is 56.0 cm³/mol. The van der Waals surface area contributed by atoms with Crippen molar-refractivity contribution in [3.63, 3.8) is 0 Å². The van der Waals surface area contributed by atoms with Gasteiger partial charge in [0.1, 0.15) is 10.8 Å². The third kappa shape index (κ3) is 2.21. The Morgan fingerprint density at radius 3 is 2.80 bits per heavy atom. The molecule has 1 N–H and O–H groups in total. The first-order chi connectivity index (χ1) is 7.15. The molecule has 0 saturated heterocycles. The number of carbonyl (C=O) groups is 1. The van der Waals surface area contributed by atoms with Crippen molar-refractivity contribution in [1.82, 2.24) is 9.53 Å². The highest BCUT2D eigenvalue weighted by molar-refractivity contribution is 7.10. The van der Waals surface area contributed by atoms with Gasteiger partial charge in [-0.3, -0.25) is 4.79 Å². The number of anilines is 1. The van der Waals surface area contributed by atoms with E-state index in [-0.39, 0.29) is 11.6 Å². The van der Waals surface area contributed by atoms with E-state index in [1.54, 1.807) is 19.1 Å². The lowest BCUT2D eigenvalue weighted by Crippen LogP contribution is -2.10. The normalized spacial score (nSPS) is 10.3. The topological polar surface area (TPSA) is 68.0 Å². The smallest absolute Gasteiger partial charge is 0.278 e. The zero-order chi connectivity index (χ0) is 10.8. The summed E-state index contributed by atoms with van der Waals surface area (Å²) in [4.78, 5) is 11.6. The minimum absolute atomic E-state index is 0.276. The molecule has 6 heteroatoms. The van der Waals surface area contributed by atoms with Crippen LogP contribution in [0.15, 0.2) is 16.7 Å². The molecule has 0 spiro atoms. The maximum absolute atomic E-state index is 11.6. The molecule has 2 aromatic heterocycles. The van der Waals surface area contributed by atoms with E-state index in [0.717, 1.165) is 5.69 Å². The summed E-state index contributed by atoms with van der Waals surface area (Å²) in [7, 11) is 0. The Kier molecular flexibility index (Phi) is 2.51. The molecule has 0 saturated carbocycles. The van der Waals surface area contributed by atoms with Crippen LogP contribution in [0.1, 0.15) is 21.9 Å². The molecular weight excluding hydrogens is 214 g/mol. The summed E-state index contributed by atoms with van der Waals surface area (Å²) in [6.45, 7) is 3.60. The summed E-state index contributed by atoms with van der Waals surface area (Å²) in [5.41, 5.74) is 1.16. The lowest BCUT2D eigenvalue weighted by molar-refractivity contribution is 0.101. The van der Waals surface area contributed by atoms with Gasteiger partial charge in [0.05, 0.1) is 5.69 Å². The predicted octanol–water partition coefficient (Wildman–Crippen LogP) is 2.00. The molecule has 78 valence electrons. The maximum Gasteiger partial charge on any atom is 0.278 e. The van der Waals surface area contributed by atoms with Gasteiger partial charge in [-0.2, -0.15) is 4.37 Å². The minimum atomic E-state index is -0.282. The van der Waals surface area contributed by atoms with E-state index in [1.165, 1.54) is 11.5 Å². The summed E-state index contributed by atoms with van der Waals surface area (Å²) in [5.74, 6) is 0.330. The number of nitrogens with one attached hydrogen (secondary N) is 1. The van der Waals surface area contributed by atoms with E-state index in [1.807, 2.05) is 6.92 Å². The Morgan fingerprint density at radius 2 is 2.27 bits per heavy atom. The number of aryl methyl sites for hydroxylation is 2. The molecular formula is C9H9N3O2S. The second kappa shape index (κ2) is 3.82. The fourth-order valence-electron chi connectivity index (χ4n) is 1.07. The molecule has 0 aromatic carbocycles. The number of hydrogen-bond donors (Lipinski definition) is 1. The van der Waals surface area contributed by atoms with Crippen LogP contribution in [-0.4, -0.2) is 15.4 Å². The van der Waals surface area contributed by atoms with Gasteiger partial charge in [-0.15, -0.1) is 0 Å². The first kappa shape index (κ1) is 9.85. The van der Waals surface area contributed by atoms with Crippen LogP contribution in [0.25, 0.3) is 0 Å². The van der Waals surface area contributed by atoms with Gasteiger partial charge in [0.2, 0.25) is 0 Å². The number of carbonyl (C=O) groups excluding carboxylic acids is 1. The molecule has 15 heavy (non-hydrogen) atoms. The zero-order valence-corrected chi connectivity index (χ0v) is 9.09. The van der Waals surface area contributed by atoms with Crippen molar-refractivity contribution >= 4 is 22.4 Å². The standard InChI is InChI=1S/C9H9N3O2S/c1-5-3-8(15-12-5)10-9(13)7-4-6(2)14-11-7/h3-4H,1-2H3,(H,10,13). The number of aromatic nitrogens is 2. The van der Waals surface area contributed by atoms with E-state index in [9.17, 15) is 4.79 Å². The van der Waals surface area contributed by atoms with Crippen molar-refractivity contribution in [2.75, 3.05) is 5.32 Å². The van der Waals surface area contributed by atoms with Gasteiger partial charge >= 0.3 is 0 Å². The van der Waals surface area contributed by atoms with Crippen molar-refractivity contribution in [3.05, 3.63) is 29.3 Å². The van der Waals surface area contributed by atoms with Crippen molar-refractivity contribution in [1.29, 1.82) is 0 Å². The molecule has 1 amide bonds. The quantitative estimate of drug-likeness (QED) is 0.845. The average Bonchev–Trinajstić information content (AvgIpc) is 2.75. The molecule has 2 heterocycles. The summed E-state index contributed by atoms with van der Waals surface area (Å²) >= 11 is 1.24. The summed E-state index contributed by atoms with van der Waals surface area (Å²) in [6, 6.07) is 3.39. The lowest BCUT2D eigenvalue weighted by atomic mass is 10.3. The largest absolute Gasteiger partial charge is 0.361 e. The molecule has 0 aliphatic rings. The van der Waals surface area contributed by atoms with Crippen molar-refractivity contribution < 1.29 is 9.32 Å². The van der Waals surface area contributed by atoms with Crippen LogP contribution in [0.3, 0.4) is 0 Å². The molecule has 0 radical (unpaired) electrons. The highest BCUT2D eigenvalue weighted by Gasteiger charge is 2.11. The number of amides is 1. The monoisotopic (exact) mass is 223 g/mol. The Labute approximate surface area is 90.3 Å². The Hall–Kier alpha value is -1.69. The average molecular weight is 223 g/mol. The molecule has 2 rings (SSSR count). The van der Waals surface area contributed by atoms with Crippen molar-refractivity contribution in [2.45, 2.75) is 13.8 Å². The van der Waals surface area contributed by atoms with Crippen molar-refractivity contribution in [2.24, 2.45) is 0 Å². The second-order valence-corrected chi connectivity index (χ2v) is 3.91. The van der Waals surface area contributed by atoms with Gasteiger partial charge in [-0.1, -0.05) is 5.16 Å². The van der Waals surface area contributed by atoms with Gasteiger partial charge in [-0.05, 0) is 31.4 Å². The minimum Gasteiger partial charge on any atom is -0.361 e. The molecule has 0 bridgehead atoms. The van der Waals surface area contributed by atoms with Crippen LogP contribution < -0.4 is 5.32 Å². The third-order valence-electron chi connectivity index (χ3n) is 1.73. The van der Waals surface area contributed by atoms with Crippen LogP contribution in [0.5, 0.6) is 0 Å².